The van der Waals surface area contributed by atoms with Gasteiger partial charge in [-0.15, -0.1) is 0 Å². The molecule has 122 valence electrons. The monoisotopic (exact) mass is 313 g/mol. The molecule has 23 heavy (non-hydrogen) atoms. The molecule has 0 radical (unpaired) electrons. The van der Waals surface area contributed by atoms with E-state index in [1.807, 2.05) is 54.7 Å². The van der Waals surface area contributed by atoms with Crippen LogP contribution in [0.15, 0.2) is 60.9 Å². The van der Waals surface area contributed by atoms with Gasteiger partial charge in [-0.1, -0.05) is 17.7 Å². The Morgan fingerprint density at radius 1 is 0.783 bits per heavy atom. The number of benzene rings is 2. The maximum Gasteiger partial charge on any atom is 0.119 e. The topological polar surface area (TPSA) is 51.6 Å². The minimum absolute atomic E-state index is 0.883. The van der Waals surface area contributed by atoms with Crippen LogP contribution in [0.3, 0.4) is 0 Å². The van der Waals surface area contributed by atoms with Crippen LogP contribution in [0.4, 0.5) is 0 Å². The minimum atomic E-state index is 0.883. The Labute approximate surface area is 137 Å². The lowest BCUT2D eigenvalue weighted by atomic mass is 10.2. The van der Waals surface area contributed by atoms with Crippen molar-refractivity contribution < 1.29 is 14.6 Å². The zero-order chi connectivity index (χ0) is 17.1. The molecule has 1 N–H and O–H groups in total. The molecule has 0 aliphatic rings. The number of pyridine rings is 1. The Morgan fingerprint density at radius 3 is 2.00 bits per heavy atom. The molecular formula is C19H23NO3. The van der Waals surface area contributed by atoms with Crippen LogP contribution in [0, 0.1) is 6.92 Å². The maximum absolute atomic E-state index is 7.00. The van der Waals surface area contributed by atoms with E-state index in [0.29, 0.717) is 0 Å². The van der Waals surface area contributed by atoms with Gasteiger partial charge >= 0.3 is 0 Å². The minimum Gasteiger partial charge on any atom is -0.497 e. The van der Waals surface area contributed by atoms with Crippen molar-refractivity contribution in [1.29, 1.82) is 0 Å². The number of ether oxygens (including phenoxy) is 2. The van der Waals surface area contributed by atoms with Gasteiger partial charge < -0.3 is 14.6 Å². The van der Waals surface area contributed by atoms with Gasteiger partial charge in [0.1, 0.15) is 11.5 Å². The zero-order valence-electron chi connectivity index (χ0n) is 14.0. The molecule has 1 aromatic heterocycles. The molecule has 4 nitrogen and oxygen atoms in total. The zero-order valence-corrected chi connectivity index (χ0v) is 14.0. The molecule has 0 amide bonds. The van der Waals surface area contributed by atoms with E-state index >= 15 is 0 Å². The van der Waals surface area contributed by atoms with Crippen molar-refractivity contribution in [3.63, 3.8) is 0 Å². The molecule has 0 fully saturated rings. The smallest absolute Gasteiger partial charge is 0.119 e. The second-order valence-electron chi connectivity index (χ2n) is 4.61. The summed E-state index contributed by atoms with van der Waals surface area (Å²) in [4.78, 5) is 4.03. The second kappa shape index (κ2) is 10.2. The molecule has 0 atom stereocenters. The van der Waals surface area contributed by atoms with Crippen molar-refractivity contribution in [3.8, 4) is 11.5 Å². The van der Waals surface area contributed by atoms with E-state index in [9.17, 15) is 0 Å². The molecule has 0 spiro atoms. The molecular weight excluding hydrogens is 290 g/mol. The van der Waals surface area contributed by atoms with Crippen LogP contribution < -0.4 is 9.47 Å². The summed E-state index contributed by atoms with van der Waals surface area (Å²) in [6, 6.07) is 15.9. The van der Waals surface area contributed by atoms with Crippen LogP contribution in [0.2, 0.25) is 0 Å². The summed E-state index contributed by atoms with van der Waals surface area (Å²) in [6.07, 6.45) is 3.62. The lowest BCUT2D eigenvalue weighted by Gasteiger charge is -2.00. The van der Waals surface area contributed by atoms with Gasteiger partial charge in [0.2, 0.25) is 0 Å². The quantitative estimate of drug-likeness (QED) is 0.780. The van der Waals surface area contributed by atoms with E-state index in [2.05, 4.69) is 11.9 Å². The Kier molecular flexibility index (Phi) is 8.18. The first kappa shape index (κ1) is 18.5. The summed E-state index contributed by atoms with van der Waals surface area (Å²) in [5.41, 5.74) is 1.26. The standard InChI is InChI=1S/C10H9NO.C8H10O.CH4O/c1-12-10-3-2-9-7-11-5-4-8(9)6-10;1-7-3-5-8(9-2)6-4-7;1-2/h2-7H,1H3;3-6H,1-2H3;2H,1H3. The fourth-order valence-corrected chi connectivity index (χ4v) is 1.86. The predicted molar refractivity (Wildman–Crippen MR) is 94.2 cm³/mol. The van der Waals surface area contributed by atoms with E-state index in [1.54, 1.807) is 20.4 Å². The summed E-state index contributed by atoms with van der Waals surface area (Å²) in [5, 5.41) is 9.29. The molecule has 4 heteroatoms. The highest BCUT2D eigenvalue weighted by molar-refractivity contribution is 5.82. The number of rotatable bonds is 2. The molecule has 3 rings (SSSR count). The van der Waals surface area contributed by atoms with E-state index in [4.69, 9.17) is 14.6 Å². The van der Waals surface area contributed by atoms with E-state index in [-0.39, 0.29) is 0 Å². The van der Waals surface area contributed by atoms with Gasteiger partial charge in [-0.05, 0) is 48.7 Å². The van der Waals surface area contributed by atoms with Crippen LogP contribution in [-0.4, -0.2) is 31.4 Å². The van der Waals surface area contributed by atoms with Crippen molar-refractivity contribution in [2.75, 3.05) is 21.3 Å². The van der Waals surface area contributed by atoms with Gasteiger partial charge in [0, 0.05) is 24.9 Å². The van der Waals surface area contributed by atoms with Crippen molar-refractivity contribution in [1.82, 2.24) is 4.98 Å². The Hall–Kier alpha value is -2.59. The average molecular weight is 313 g/mol. The molecule has 0 aliphatic heterocycles. The van der Waals surface area contributed by atoms with Gasteiger partial charge in [0.05, 0.1) is 14.2 Å². The molecule has 0 saturated carbocycles. The van der Waals surface area contributed by atoms with Gasteiger partial charge in [-0.25, -0.2) is 0 Å². The summed E-state index contributed by atoms with van der Waals surface area (Å²) >= 11 is 0. The SMILES string of the molecule is CO.COc1ccc(C)cc1.COc1ccc2cnccc2c1. The third-order valence-electron chi connectivity index (χ3n) is 3.10. The van der Waals surface area contributed by atoms with Crippen molar-refractivity contribution in [2.24, 2.45) is 0 Å². The Balaban J connectivity index is 0.000000215. The highest BCUT2D eigenvalue weighted by atomic mass is 16.5. The first-order valence-corrected chi connectivity index (χ1v) is 7.16. The maximum atomic E-state index is 7.00. The molecule has 0 saturated heterocycles. The number of fused-ring (bicyclic) bond motifs is 1. The highest BCUT2D eigenvalue weighted by Gasteiger charge is 1.94. The van der Waals surface area contributed by atoms with Gasteiger partial charge in [-0.2, -0.15) is 0 Å². The number of hydrogen-bond donors (Lipinski definition) is 1. The first-order chi connectivity index (χ1) is 11.2. The number of aliphatic hydroxyl groups is 1. The van der Waals surface area contributed by atoms with Crippen LogP contribution in [0.25, 0.3) is 10.8 Å². The van der Waals surface area contributed by atoms with Gasteiger partial charge in [-0.3, -0.25) is 4.98 Å². The number of aryl methyl sites for hydroxylation is 1. The third kappa shape index (κ3) is 5.96. The van der Waals surface area contributed by atoms with Crippen LogP contribution >= 0.6 is 0 Å². The Bertz CT molecular complexity index is 696. The van der Waals surface area contributed by atoms with Gasteiger partial charge in [0.25, 0.3) is 0 Å². The average Bonchev–Trinajstić information content (AvgIpc) is 2.64. The Morgan fingerprint density at radius 2 is 1.39 bits per heavy atom. The van der Waals surface area contributed by atoms with E-state index in [0.717, 1.165) is 29.4 Å². The predicted octanol–water partition coefficient (Wildman–Crippen LogP) is 3.86. The summed E-state index contributed by atoms with van der Waals surface area (Å²) in [5.74, 6) is 1.80. The molecule has 0 bridgehead atoms. The summed E-state index contributed by atoms with van der Waals surface area (Å²) < 4.78 is 10.1. The normalized spacial score (nSPS) is 9.09. The fraction of sp³-hybridized carbons (Fsp3) is 0.211. The fourth-order valence-electron chi connectivity index (χ4n) is 1.86. The van der Waals surface area contributed by atoms with Crippen molar-refractivity contribution >= 4 is 10.8 Å². The van der Waals surface area contributed by atoms with E-state index in [1.165, 1.54) is 5.56 Å². The molecule has 3 aromatic rings. The van der Waals surface area contributed by atoms with Crippen molar-refractivity contribution in [2.45, 2.75) is 6.92 Å². The lowest BCUT2D eigenvalue weighted by molar-refractivity contribution is 0.399. The molecule has 0 aliphatic carbocycles. The summed E-state index contributed by atoms with van der Waals surface area (Å²) in [6.45, 7) is 2.06. The van der Waals surface area contributed by atoms with Crippen LogP contribution in [0.1, 0.15) is 5.56 Å². The number of nitrogens with zero attached hydrogens (tertiary/aromatic N) is 1. The highest BCUT2D eigenvalue weighted by Crippen LogP contribution is 2.18. The number of methoxy groups -OCH3 is 2. The lowest BCUT2D eigenvalue weighted by Crippen LogP contribution is -1.82. The number of aromatic nitrogens is 1. The van der Waals surface area contributed by atoms with Gasteiger partial charge in [0.15, 0.2) is 0 Å². The number of aliphatic hydroxyl groups excluding tert-OH is 1. The number of hydrogen-bond acceptors (Lipinski definition) is 4. The molecule has 0 unspecified atom stereocenters. The summed E-state index contributed by atoms with van der Waals surface area (Å²) in [7, 11) is 4.34. The van der Waals surface area contributed by atoms with Crippen LogP contribution in [-0.2, 0) is 0 Å². The van der Waals surface area contributed by atoms with E-state index < -0.39 is 0 Å². The second-order valence-corrected chi connectivity index (χ2v) is 4.61. The molecule has 2 aromatic carbocycles. The molecule has 1 heterocycles. The largest absolute Gasteiger partial charge is 0.497 e. The first-order valence-electron chi connectivity index (χ1n) is 7.16. The van der Waals surface area contributed by atoms with Crippen molar-refractivity contribution in [3.05, 3.63) is 66.5 Å². The third-order valence-corrected chi connectivity index (χ3v) is 3.10. The van der Waals surface area contributed by atoms with Crippen LogP contribution in [0.5, 0.6) is 11.5 Å².